The minimum absolute atomic E-state index is 0.780. The van der Waals surface area contributed by atoms with Crippen molar-refractivity contribution in [1.82, 2.24) is 4.65 Å². The van der Waals surface area contributed by atoms with Crippen LogP contribution >= 0.6 is 0 Å². The van der Waals surface area contributed by atoms with Crippen molar-refractivity contribution in [1.29, 1.82) is 0 Å². The quantitative estimate of drug-likeness (QED) is 0.646. The van der Waals surface area contributed by atoms with Gasteiger partial charge in [0.2, 0.25) is 0 Å². The second-order valence-electron chi connectivity index (χ2n) is 7.37. The molecule has 1 N–H and O–H groups in total. The average Bonchev–Trinajstić information content (AvgIpc) is 2.12. The van der Waals surface area contributed by atoms with Crippen LogP contribution in [0.1, 0.15) is 27.2 Å². The van der Waals surface area contributed by atoms with Gasteiger partial charge in [0.15, 0.2) is 0 Å². The van der Waals surface area contributed by atoms with Crippen molar-refractivity contribution in [2.75, 3.05) is 13.2 Å². The molecule has 0 aliphatic carbocycles. The molecule has 0 spiro atoms. The Bertz CT molecular complexity index is 209. The van der Waals surface area contributed by atoms with Crippen molar-refractivity contribution in [2.24, 2.45) is 0 Å². The molecule has 3 nitrogen and oxygen atoms in total. The average molecular weight is 338 g/mol. The van der Waals surface area contributed by atoms with Crippen LogP contribution in [0.5, 0.6) is 0 Å². The summed E-state index contributed by atoms with van der Waals surface area (Å²) in [5.74, 6) is 0. The molecule has 0 aromatic heterocycles. The fraction of sp³-hybridized carbons (Fsp3) is 1.00. The van der Waals surface area contributed by atoms with E-state index in [9.17, 15) is 0 Å². The summed E-state index contributed by atoms with van der Waals surface area (Å²) in [6.45, 7) is 24.0. The summed E-state index contributed by atoms with van der Waals surface area (Å²) in [5, 5.41) is 0. The highest BCUT2D eigenvalue weighted by atomic mass is 28.4. The van der Waals surface area contributed by atoms with Gasteiger partial charge in [-0.05, 0) is 26.4 Å². The molecule has 0 aromatic rings. The number of nitrogens with one attached hydrogen (secondary N) is 1. The van der Waals surface area contributed by atoms with Crippen molar-refractivity contribution in [3.05, 3.63) is 0 Å². The SMILES string of the molecule is CCC[Si](C)(OCC)OCC.C[Si](C)(C)N[Si](C)(C)C. The van der Waals surface area contributed by atoms with Gasteiger partial charge in [0.25, 0.3) is 0 Å². The topological polar surface area (TPSA) is 30.5 Å². The third-order valence-corrected chi connectivity index (χ3v) is 11.6. The summed E-state index contributed by atoms with van der Waals surface area (Å²) in [6.07, 6.45) is 1.16. The maximum Gasteiger partial charge on any atom is 0.334 e. The van der Waals surface area contributed by atoms with Crippen LogP contribution in [0, 0.1) is 0 Å². The molecule has 0 aromatic carbocycles. The second-order valence-corrected chi connectivity index (χ2v) is 20.7. The molecule has 0 atom stereocenters. The second kappa shape index (κ2) is 10.3. The fourth-order valence-electron chi connectivity index (χ4n) is 2.38. The lowest BCUT2D eigenvalue weighted by atomic mass is 10.6. The molecule has 0 saturated heterocycles. The fourth-order valence-corrected chi connectivity index (χ4v) is 13.9. The third-order valence-electron chi connectivity index (χ3n) is 2.35. The van der Waals surface area contributed by atoms with E-state index in [1.54, 1.807) is 0 Å². The van der Waals surface area contributed by atoms with Gasteiger partial charge in [-0.1, -0.05) is 52.6 Å². The Labute approximate surface area is 131 Å². The molecule has 0 aliphatic heterocycles. The predicted octanol–water partition coefficient (Wildman–Crippen LogP) is 4.79. The van der Waals surface area contributed by atoms with Crippen LogP contribution in [0.2, 0.25) is 51.9 Å². The van der Waals surface area contributed by atoms with Crippen LogP contribution in [0.15, 0.2) is 0 Å². The van der Waals surface area contributed by atoms with E-state index < -0.39 is 25.0 Å². The van der Waals surface area contributed by atoms with Crippen molar-refractivity contribution >= 4 is 25.0 Å². The van der Waals surface area contributed by atoms with E-state index in [1.165, 1.54) is 0 Å². The molecule has 0 radical (unpaired) electrons. The minimum Gasteiger partial charge on any atom is -0.395 e. The zero-order valence-corrected chi connectivity index (χ0v) is 18.6. The Morgan fingerprint density at radius 2 is 1.05 bits per heavy atom. The standard InChI is InChI=1S/C8H20O2Si.C6H19NSi2/c1-5-8-11(4,9-6-2)10-7-3;1-8(2,3)7-9(4,5)6/h5-8H2,1-4H3;7H,1-6H3. The summed E-state index contributed by atoms with van der Waals surface area (Å²) in [4.78, 5) is 0. The van der Waals surface area contributed by atoms with Gasteiger partial charge in [-0.3, -0.25) is 0 Å². The highest BCUT2D eigenvalue weighted by Gasteiger charge is 2.28. The van der Waals surface area contributed by atoms with Crippen molar-refractivity contribution in [3.8, 4) is 0 Å². The van der Waals surface area contributed by atoms with Gasteiger partial charge in [-0.25, -0.2) is 0 Å². The maximum absolute atomic E-state index is 5.63. The highest BCUT2D eigenvalue weighted by Crippen LogP contribution is 2.14. The number of hydrogen-bond donors (Lipinski definition) is 1. The predicted molar refractivity (Wildman–Crippen MR) is 99.8 cm³/mol. The first kappa shape index (κ1) is 22.8. The minimum atomic E-state index is -1.75. The summed E-state index contributed by atoms with van der Waals surface area (Å²) in [6, 6.07) is 1.11. The Kier molecular flexibility index (Phi) is 11.7. The van der Waals surface area contributed by atoms with Gasteiger partial charge >= 0.3 is 8.56 Å². The summed E-state index contributed by atoms with van der Waals surface area (Å²) >= 11 is 0. The van der Waals surface area contributed by atoms with Crippen LogP contribution in [0.4, 0.5) is 0 Å². The van der Waals surface area contributed by atoms with E-state index in [-0.39, 0.29) is 0 Å². The monoisotopic (exact) mass is 337 g/mol. The van der Waals surface area contributed by atoms with Gasteiger partial charge in [0.1, 0.15) is 16.5 Å². The van der Waals surface area contributed by atoms with Crippen molar-refractivity contribution < 1.29 is 8.85 Å². The smallest absolute Gasteiger partial charge is 0.334 e. The molecule has 0 rings (SSSR count). The van der Waals surface area contributed by atoms with Gasteiger partial charge in [-0.2, -0.15) is 0 Å². The van der Waals surface area contributed by atoms with E-state index >= 15 is 0 Å². The van der Waals surface area contributed by atoms with Crippen LogP contribution < -0.4 is 4.65 Å². The van der Waals surface area contributed by atoms with E-state index in [0.29, 0.717) is 0 Å². The first-order valence-corrected chi connectivity index (χ1v) is 17.5. The number of hydrogen-bond acceptors (Lipinski definition) is 3. The molecule has 0 aliphatic rings. The maximum atomic E-state index is 5.63. The lowest BCUT2D eigenvalue weighted by Gasteiger charge is -2.28. The Morgan fingerprint density at radius 1 is 0.700 bits per heavy atom. The van der Waals surface area contributed by atoms with Crippen molar-refractivity contribution in [2.45, 2.75) is 79.1 Å². The molecule has 6 heteroatoms. The van der Waals surface area contributed by atoms with E-state index in [1.807, 2.05) is 13.8 Å². The first-order chi connectivity index (χ1) is 8.89. The zero-order chi connectivity index (χ0) is 16.4. The molecule has 0 bridgehead atoms. The Morgan fingerprint density at radius 3 is 1.20 bits per heavy atom. The lowest BCUT2D eigenvalue weighted by Crippen LogP contribution is -2.55. The molecule has 0 fully saturated rings. The van der Waals surface area contributed by atoms with Gasteiger partial charge < -0.3 is 13.5 Å². The highest BCUT2D eigenvalue weighted by molar-refractivity contribution is 6.90. The zero-order valence-electron chi connectivity index (χ0n) is 15.6. The lowest BCUT2D eigenvalue weighted by molar-refractivity contribution is 0.189. The molecule has 0 unspecified atom stereocenters. The summed E-state index contributed by atoms with van der Waals surface area (Å²) < 4.78 is 15.0. The molecule has 20 heavy (non-hydrogen) atoms. The number of rotatable bonds is 8. The van der Waals surface area contributed by atoms with Crippen LogP contribution in [0.25, 0.3) is 0 Å². The third kappa shape index (κ3) is 16.6. The molecule has 124 valence electrons. The van der Waals surface area contributed by atoms with E-state index in [4.69, 9.17) is 8.85 Å². The molecule has 0 amide bonds. The summed E-state index contributed by atoms with van der Waals surface area (Å²) in [7, 11) is -3.71. The molecular formula is C14H39NO2Si3. The van der Waals surface area contributed by atoms with E-state index in [2.05, 4.69) is 57.4 Å². The van der Waals surface area contributed by atoms with Crippen LogP contribution in [-0.2, 0) is 8.85 Å². The van der Waals surface area contributed by atoms with Gasteiger partial charge in [-0.15, -0.1) is 0 Å². The van der Waals surface area contributed by atoms with Crippen molar-refractivity contribution in [3.63, 3.8) is 0 Å². The Balaban J connectivity index is 0. The normalized spacial score (nSPS) is 12.9. The molecule has 0 saturated carbocycles. The Hall–Kier alpha value is 0.531. The van der Waals surface area contributed by atoms with Gasteiger partial charge in [0.05, 0.1) is 0 Å². The molecule has 0 heterocycles. The van der Waals surface area contributed by atoms with Gasteiger partial charge in [0, 0.05) is 13.2 Å². The molecular weight excluding hydrogens is 298 g/mol. The van der Waals surface area contributed by atoms with Crippen LogP contribution in [0.3, 0.4) is 0 Å². The largest absolute Gasteiger partial charge is 0.395 e. The van der Waals surface area contributed by atoms with E-state index in [0.717, 1.165) is 25.7 Å². The summed E-state index contributed by atoms with van der Waals surface area (Å²) in [5.41, 5.74) is 0. The van der Waals surface area contributed by atoms with Crippen LogP contribution in [-0.4, -0.2) is 38.2 Å². The first-order valence-electron chi connectivity index (χ1n) is 7.96.